The number of hydrogen-bond donors (Lipinski definition) is 2. The molecule has 0 atom stereocenters. The van der Waals surface area contributed by atoms with Gasteiger partial charge in [-0.15, -0.1) is 10.2 Å². The lowest BCUT2D eigenvalue weighted by atomic mass is 10.2. The third-order valence-corrected chi connectivity index (χ3v) is 3.03. The summed E-state index contributed by atoms with van der Waals surface area (Å²) in [7, 11) is 3.06. The lowest BCUT2D eigenvalue weighted by Crippen LogP contribution is -2.11. The van der Waals surface area contributed by atoms with Crippen LogP contribution in [0, 0.1) is 0 Å². The van der Waals surface area contributed by atoms with E-state index in [1.165, 1.54) is 7.11 Å². The maximum atomic E-state index is 11.9. The number of carbonyl (C=O) groups is 1. The van der Waals surface area contributed by atoms with E-state index in [-0.39, 0.29) is 16.0 Å². The van der Waals surface area contributed by atoms with E-state index in [1.54, 1.807) is 25.3 Å². The molecule has 3 N–H and O–H groups in total. The molecule has 8 heteroatoms. The molecular formula is C11H12N4O3S. The largest absolute Gasteiger partial charge is 0.493 e. The van der Waals surface area contributed by atoms with Gasteiger partial charge in [-0.3, -0.25) is 4.79 Å². The molecule has 100 valence electrons. The highest BCUT2D eigenvalue weighted by atomic mass is 32.1. The number of aromatic nitrogens is 2. The van der Waals surface area contributed by atoms with Gasteiger partial charge in [-0.25, -0.2) is 0 Å². The Balaban J connectivity index is 2.17. The van der Waals surface area contributed by atoms with Gasteiger partial charge in [0.25, 0.3) is 5.91 Å². The highest BCUT2D eigenvalue weighted by Gasteiger charge is 2.13. The molecule has 1 aromatic carbocycles. The second-order valence-corrected chi connectivity index (χ2v) is 4.48. The first-order valence-corrected chi connectivity index (χ1v) is 6.08. The fraction of sp³-hybridized carbons (Fsp3) is 0.182. The van der Waals surface area contributed by atoms with Crippen LogP contribution >= 0.6 is 11.3 Å². The van der Waals surface area contributed by atoms with Crippen molar-refractivity contribution in [3.05, 3.63) is 23.2 Å². The van der Waals surface area contributed by atoms with Crippen molar-refractivity contribution in [1.82, 2.24) is 10.2 Å². The third-order valence-electron chi connectivity index (χ3n) is 2.28. The second-order valence-electron chi connectivity index (χ2n) is 3.47. The van der Waals surface area contributed by atoms with Gasteiger partial charge in [-0.1, -0.05) is 11.3 Å². The van der Waals surface area contributed by atoms with Gasteiger partial charge in [0, 0.05) is 11.8 Å². The van der Waals surface area contributed by atoms with E-state index in [4.69, 9.17) is 15.2 Å². The summed E-state index contributed by atoms with van der Waals surface area (Å²) in [4.78, 5) is 11.9. The zero-order valence-corrected chi connectivity index (χ0v) is 11.2. The number of methoxy groups -OCH3 is 2. The number of nitrogens with zero attached hydrogens (tertiary/aromatic N) is 2. The zero-order valence-electron chi connectivity index (χ0n) is 10.3. The molecule has 0 aliphatic rings. The summed E-state index contributed by atoms with van der Waals surface area (Å²) in [6.07, 6.45) is 0. The van der Waals surface area contributed by atoms with Gasteiger partial charge in [0.2, 0.25) is 10.1 Å². The van der Waals surface area contributed by atoms with Crippen LogP contribution in [0.5, 0.6) is 11.5 Å². The molecule has 1 heterocycles. The molecule has 0 saturated carbocycles. The summed E-state index contributed by atoms with van der Waals surface area (Å²) in [6.45, 7) is 0. The number of nitrogens with two attached hydrogens (primary N) is 1. The highest BCUT2D eigenvalue weighted by molar-refractivity contribution is 7.16. The van der Waals surface area contributed by atoms with Crippen molar-refractivity contribution in [1.29, 1.82) is 0 Å². The summed E-state index contributed by atoms with van der Waals surface area (Å²) in [5.74, 6) is 0.735. The number of nitrogen functional groups attached to an aromatic ring is 1. The zero-order chi connectivity index (χ0) is 13.8. The molecule has 2 aromatic rings. The van der Waals surface area contributed by atoms with Crippen molar-refractivity contribution >= 4 is 28.1 Å². The molecule has 0 bridgehead atoms. The maximum Gasteiger partial charge on any atom is 0.286 e. The predicted octanol–water partition coefficient (Wildman–Crippen LogP) is 1.39. The van der Waals surface area contributed by atoms with Gasteiger partial charge in [0.1, 0.15) is 0 Å². The van der Waals surface area contributed by atoms with Crippen LogP contribution in [-0.2, 0) is 0 Å². The van der Waals surface area contributed by atoms with Crippen LogP contribution in [0.1, 0.15) is 9.80 Å². The van der Waals surface area contributed by atoms with Gasteiger partial charge in [-0.2, -0.15) is 0 Å². The lowest BCUT2D eigenvalue weighted by Gasteiger charge is -2.09. The first-order chi connectivity index (χ1) is 9.13. The van der Waals surface area contributed by atoms with Crippen LogP contribution < -0.4 is 20.5 Å². The minimum Gasteiger partial charge on any atom is -0.493 e. The molecule has 0 aliphatic heterocycles. The smallest absolute Gasteiger partial charge is 0.286 e. The van der Waals surface area contributed by atoms with Crippen molar-refractivity contribution in [2.24, 2.45) is 0 Å². The molecule has 0 aliphatic carbocycles. The minimum absolute atomic E-state index is 0.201. The SMILES string of the molecule is COc1ccc(NC(=O)c2nnc(N)s2)cc1OC. The van der Waals surface area contributed by atoms with E-state index in [1.807, 2.05) is 0 Å². The minimum atomic E-state index is -0.374. The van der Waals surface area contributed by atoms with Crippen molar-refractivity contribution in [3.8, 4) is 11.5 Å². The Labute approximate surface area is 113 Å². The molecule has 0 fully saturated rings. The van der Waals surface area contributed by atoms with Crippen molar-refractivity contribution in [3.63, 3.8) is 0 Å². The van der Waals surface area contributed by atoms with Crippen LogP contribution in [-0.4, -0.2) is 30.3 Å². The number of ether oxygens (including phenoxy) is 2. The Morgan fingerprint density at radius 1 is 1.26 bits per heavy atom. The van der Waals surface area contributed by atoms with E-state index in [2.05, 4.69) is 15.5 Å². The van der Waals surface area contributed by atoms with Crippen LogP contribution in [0.2, 0.25) is 0 Å². The highest BCUT2D eigenvalue weighted by Crippen LogP contribution is 2.30. The number of nitrogens with one attached hydrogen (secondary N) is 1. The molecule has 19 heavy (non-hydrogen) atoms. The van der Waals surface area contributed by atoms with Gasteiger partial charge >= 0.3 is 0 Å². The summed E-state index contributed by atoms with van der Waals surface area (Å²) in [5, 5.41) is 10.4. The Morgan fingerprint density at radius 3 is 2.58 bits per heavy atom. The fourth-order valence-corrected chi connectivity index (χ4v) is 1.93. The topological polar surface area (TPSA) is 99.4 Å². The average Bonchev–Trinajstić information content (AvgIpc) is 2.85. The summed E-state index contributed by atoms with van der Waals surface area (Å²) in [5.41, 5.74) is 5.99. The monoisotopic (exact) mass is 280 g/mol. The van der Waals surface area contributed by atoms with Crippen LogP contribution in [0.3, 0.4) is 0 Å². The lowest BCUT2D eigenvalue weighted by molar-refractivity contribution is 0.102. The number of carbonyl (C=O) groups excluding carboxylic acids is 1. The number of amides is 1. The molecule has 7 nitrogen and oxygen atoms in total. The van der Waals surface area contributed by atoms with Gasteiger partial charge in [-0.05, 0) is 12.1 Å². The molecule has 1 amide bonds. The van der Waals surface area contributed by atoms with E-state index in [9.17, 15) is 4.79 Å². The number of anilines is 2. The van der Waals surface area contributed by atoms with Gasteiger partial charge < -0.3 is 20.5 Å². The second kappa shape index (κ2) is 5.53. The van der Waals surface area contributed by atoms with E-state index in [0.29, 0.717) is 17.2 Å². The first kappa shape index (κ1) is 13.1. The van der Waals surface area contributed by atoms with Crippen molar-refractivity contribution in [2.45, 2.75) is 0 Å². The van der Waals surface area contributed by atoms with Crippen LogP contribution in [0.4, 0.5) is 10.8 Å². The number of rotatable bonds is 4. The molecule has 0 unspecified atom stereocenters. The van der Waals surface area contributed by atoms with E-state index in [0.717, 1.165) is 11.3 Å². The third kappa shape index (κ3) is 2.91. The van der Waals surface area contributed by atoms with Gasteiger partial charge in [0.15, 0.2) is 11.5 Å². The quantitative estimate of drug-likeness (QED) is 0.878. The Hall–Kier alpha value is -2.35. The first-order valence-electron chi connectivity index (χ1n) is 5.26. The Morgan fingerprint density at radius 2 is 2.00 bits per heavy atom. The molecule has 0 radical (unpaired) electrons. The maximum absolute atomic E-state index is 11.9. The Bertz CT molecular complexity index is 599. The Kier molecular flexibility index (Phi) is 3.81. The van der Waals surface area contributed by atoms with Gasteiger partial charge in [0.05, 0.1) is 14.2 Å². The summed E-state index contributed by atoms with van der Waals surface area (Å²) >= 11 is 1.02. The van der Waals surface area contributed by atoms with Crippen molar-refractivity contribution in [2.75, 3.05) is 25.3 Å². The average molecular weight is 280 g/mol. The molecule has 0 spiro atoms. The predicted molar refractivity (Wildman–Crippen MR) is 71.8 cm³/mol. The van der Waals surface area contributed by atoms with Crippen LogP contribution in [0.25, 0.3) is 0 Å². The van der Waals surface area contributed by atoms with Crippen LogP contribution in [0.15, 0.2) is 18.2 Å². The molecule has 0 saturated heterocycles. The summed E-state index contributed by atoms with van der Waals surface area (Å²) < 4.78 is 10.3. The van der Waals surface area contributed by atoms with Crippen molar-refractivity contribution < 1.29 is 14.3 Å². The molecule has 1 aromatic heterocycles. The fourth-order valence-electron chi connectivity index (χ4n) is 1.42. The van der Waals surface area contributed by atoms with E-state index >= 15 is 0 Å². The molecular weight excluding hydrogens is 268 g/mol. The normalized spacial score (nSPS) is 10.0. The molecule has 2 rings (SSSR count). The standard InChI is InChI=1S/C11H12N4O3S/c1-17-7-4-3-6(5-8(7)18-2)13-9(16)10-14-15-11(12)19-10/h3-5H,1-2H3,(H2,12,15)(H,13,16). The summed E-state index contributed by atoms with van der Waals surface area (Å²) in [6, 6.07) is 5.05. The van der Waals surface area contributed by atoms with E-state index < -0.39 is 0 Å². The number of benzene rings is 1. The number of hydrogen-bond acceptors (Lipinski definition) is 7.